The van der Waals surface area contributed by atoms with Crippen LogP contribution in [0.2, 0.25) is 0 Å². The molecule has 3 heteroatoms. The molecule has 0 aromatic rings. The summed E-state index contributed by atoms with van der Waals surface area (Å²) in [5.41, 5.74) is 6.48. The van der Waals surface area contributed by atoms with Crippen molar-refractivity contribution in [2.24, 2.45) is 5.41 Å². The van der Waals surface area contributed by atoms with Crippen molar-refractivity contribution in [2.75, 3.05) is 0 Å². The normalized spacial score (nSPS) is 19.6. The molecule has 0 fully saturated rings. The van der Waals surface area contributed by atoms with Crippen molar-refractivity contribution < 1.29 is 15.0 Å². The Labute approximate surface area is 261 Å². The highest BCUT2D eigenvalue weighted by Crippen LogP contribution is 2.39. The largest absolute Gasteiger partial charge is 0.387 e. The van der Waals surface area contributed by atoms with Crippen molar-refractivity contribution in [3.05, 3.63) is 142 Å². The number of rotatable bonds is 13. The molecule has 0 amide bonds. The van der Waals surface area contributed by atoms with Gasteiger partial charge >= 0.3 is 0 Å². The van der Waals surface area contributed by atoms with E-state index >= 15 is 0 Å². The zero-order valence-electron chi connectivity index (χ0n) is 28.1. The molecule has 0 spiro atoms. The van der Waals surface area contributed by atoms with E-state index in [2.05, 4.69) is 89.3 Å². The van der Waals surface area contributed by atoms with Gasteiger partial charge in [0, 0.05) is 6.42 Å². The van der Waals surface area contributed by atoms with Gasteiger partial charge in [0.2, 0.25) is 0 Å². The van der Waals surface area contributed by atoms with Gasteiger partial charge in [0.1, 0.15) is 6.10 Å². The van der Waals surface area contributed by atoms with E-state index in [1.54, 1.807) is 26.0 Å². The van der Waals surface area contributed by atoms with E-state index in [1.807, 2.05) is 57.2 Å². The van der Waals surface area contributed by atoms with Gasteiger partial charge in [-0.1, -0.05) is 145 Å². The lowest BCUT2D eigenvalue weighted by Crippen LogP contribution is -2.34. The molecule has 0 aromatic carbocycles. The van der Waals surface area contributed by atoms with Gasteiger partial charge in [0.15, 0.2) is 5.78 Å². The molecule has 0 aliphatic heterocycles. The Kier molecular flexibility index (Phi) is 15.9. The zero-order valence-corrected chi connectivity index (χ0v) is 28.1. The smallest absolute Gasteiger partial charge is 0.158 e. The topological polar surface area (TPSA) is 57.5 Å². The fraction of sp³-hybridized carbons (Fsp3) is 0.375. The quantitative estimate of drug-likeness (QED) is 0.213. The molecule has 232 valence electrons. The molecule has 0 unspecified atom stereocenters. The molecule has 0 saturated heterocycles. The number of ketones is 1. The maximum atomic E-state index is 12.1. The third kappa shape index (κ3) is 15.5. The van der Waals surface area contributed by atoms with Crippen LogP contribution in [0, 0.1) is 5.41 Å². The van der Waals surface area contributed by atoms with Gasteiger partial charge in [-0.15, -0.1) is 0 Å². The lowest BCUT2D eigenvalue weighted by Gasteiger charge is -2.32. The maximum absolute atomic E-state index is 12.1. The van der Waals surface area contributed by atoms with E-state index < -0.39 is 11.7 Å². The third-order valence-electron chi connectivity index (χ3n) is 7.29. The van der Waals surface area contributed by atoms with Crippen molar-refractivity contribution in [1.29, 1.82) is 0 Å². The molecule has 43 heavy (non-hydrogen) atoms. The predicted molar refractivity (Wildman–Crippen MR) is 187 cm³/mol. The van der Waals surface area contributed by atoms with Gasteiger partial charge in [0.05, 0.1) is 5.60 Å². The minimum Gasteiger partial charge on any atom is -0.387 e. The average Bonchev–Trinajstić information content (AvgIpc) is 2.91. The molecule has 3 nitrogen and oxygen atoms in total. The van der Waals surface area contributed by atoms with E-state index in [4.69, 9.17) is 0 Å². The molecular weight excluding hydrogens is 528 g/mol. The van der Waals surface area contributed by atoms with Crippen LogP contribution in [0.15, 0.2) is 142 Å². The molecule has 0 bridgehead atoms. The molecule has 0 saturated carbocycles. The fourth-order valence-electron chi connectivity index (χ4n) is 4.20. The van der Waals surface area contributed by atoms with Gasteiger partial charge < -0.3 is 10.2 Å². The Morgan fingerprint density at radius 3 is 1.56 bits per heavy atom. The summed E-state index contributed by atoms with van der Waals surface area (Å²) in [5, 5.41) is 19.7. The summed E-state index contributed by atoms with van der Waals surface area (Å²) in [4.78, 5) is 12.1. The molecule has 2 N–H and O–H groups in total. The van der Waals surface area contributed by atoms with E-state index in [1.165, 1.54) is 0 Å². The Morgan fingerprint density at radius 2 is 1.12 bits per heavy atom. The first kappa shape index (κ1) is 37.5. The summed E-state index contributed by atoms with van der Waals surface area (Å²) in [6.45, 7) is 19.8. The molecule has 1 aliphatic carbocycles. The van der Waals surface area contributed by atoms with Gasteiger partial charge in [-0.25, -0.2) is 0 Å². The fourth-order valence-corrected chi connectivity index (χ4v) is 4.20. The zero-order chi connectivity index (χ0) is 32.6. The number of carbonyl (C=O) groups excluding carboxylic acids is 1. The number of aliphatic hydroxyl groups excluding tert-OH is 1. The highest BCUT2D eigenvalue weighted by Gasteiger charge is 2.30. The van der Waals surface area contributed by atoms with Crippen molar-refractivity contribution in [3.8, 4) is 0 Å². The number of aliphatic hydroxyl groups is 2. The minimum absolute atomic E-state index is 0.0357. The van der Waals surface area contributed by atoms with Crippen LogP contribution in [0.5, 0.6) is 0 Å². The third-order valence-corrected chi connectivity index (χ3v) is 7.29. The lowest BCUT2D eigenvalue weighted by atomic mass is 9.72. The van der Waals surface area contributed by atoms with E-state index in [9.17, 15) is 15.0 Å². The number of hydrogen-bond donors (Lipinski definition) is 2. The summed E-state index contributed by atoms with van der Waals surface area (Å²) in [6.07, 6.45) is 34.9. The monoisotopic (exact) mass is 582 g/mol. The number of Topliss-reactive ketones (excluding diaryl/α,β-unsaturated/α-hetero) is 1. The Balaban J connectivity index is 2.65. The summed E-state index contributed by atoms with van der Waals surface area (Å²) >= 11 is 0. The minimum atomic E-state index is -1.15. The van der Waals surface area contributed by atoms with Crippen LogP contribution < -0.4 is 0 Å². The van der Waals surface area contributed by atoms with Crippen LogP contribution in [-0.4, -0.2) is 27.7 Å². The maximum Gasteiger partial charge on any atom is 0.158 e. The molecule has 0 radical (unpaired) electrons. The van der Waals surface area contributed by atoms with Gasteiger partial charge in [0.25, 0.3) is 0 Å². The molecule has 1 aliphatic rings. The van der Waals surface area contributed by atoms with Crippen molar-refractivity contribution in [1.82, 2.24) is 0 Å². The van der Waals surface area contributed by atoms with E-state index in [0.717, 1.165) is 45.4 Å². The summed E-state index contributed by atoms with van der Waals surface area (Å²) in [6, 6.07) is 0. The van der Waals surface area contributed by atoms with Crippen molar-refractivity contribution in [2.45, 2.75) is 93.8 Å². The molecule has 0 heterocycles. The summed E-state index contributed by atoms with van der Waals surface area (Å²) in [7, 11) is 0. The van der Waals surface area contributed by atoms with Crippen LogP contribution in [0.1, 0.15) is 82.1 Å². The van der Waals surface area contributed by atoms with Gasteiger partial charge in [-0.05, 0) is 78.4 Å². The summed E-state index contributed by atoms with van der Waals surface area (Å²) in [5.74, 6) is 0.266. The second kappa shape index (κ2) is 18.2. The molecular formula is C40H54O3. The van der Waals surface area contributed by atoms with Crippen LogP contribution in [0.25, 0.3) is 0 Å². The Bertz CT molecular complexity index is 1330. The Morgan fingerprint density at radius 1 is 0.721 bits per heavy atom. The first-order valence-electron chi connectivity index (χ1n) is 15.1. The van der Waals surface area contributed by atoms with Crippen molar-refractivity contribution >= 4 is 5.78 Å². The first-order valence-corrected chi connectivity index (χ1v) is 15.1. The predicted octanol–water partition coefficient (Wildman–Crippen LogP) is 9.89. The van der Waals surface area contributed by atoms with Crippen LogP contribution in [-0.2, 0) is 4.79 Å². The SMILES string of the molecule is CC1=C(/C=C/C(C)=C/C=C/C(C)=C/C=C/C=C(C)/C=C/C=C(C)/C=C/C=C(C)/C=C/[C@H](O)C(C)(C)O)C(C)(C)CCC1=O. The molecule has 1 atom stereocenters. The van der Waals surface area contributed by atoms with Gasteiger partial charge in [-0.3, -0.25) is 4.79 Å². The highest BCUT2D eigenvalue weighted by molar-refractivity contribution is 5.97. The number of carbonyl (C=O) groups is 1. The molecule has 1 rings (SSSR count). The summed E-state index contributed by atoms with van der Waals surface area (Å²) < 4.78 is 0. The van der Waals surface area contributed by atoms with Crippen LogP contribution in [0.3, 0.4) is 0 Å². The first-order chi connectivity index (χ1) is 20.0. The van der Waals surface area contributed by atoms with Crippen molar-refractivity contribution in [3.63, 3.8) is 0 Å². The second-order valence-corrected chi connectivity index (χ2v) is 12.7. The van der Waals surface area contributed by atoms with Crippen LogP contribution in [0.4, 0.5) is 0 Å². The second-order valence-electron chi connectivity index (χ2n) is 12.7. The van der Waals surface area contributed by atoms with E-state index in [0.29, 0.717) is 6.42 Å². The van der Waals surface area contributed by atoms with E-state index in [-0.39, 0.29) is 11.2 Å². The molecule has 0 aromatic heterocycles. The van der Waals surface area contributed by atoms with Gasteiger partial charge in [-0.2, -0.15) is 0 Å². The highest BCUT2D eigenvalue weighted by atomic mass is 16.3. The standard InChI is InChI=1S/C40H54O3/c1-30(18-13-20-32(3)21-15-23-34(5)25-27-38(42)40(9,10)43)16-11-12-17-31(2)19-14-22-33(4)24-26-36-35(6)37(41)28-29-39(36,7)8/h11-27,38,42-43H,28-29H2,1-10H3/b12-11+,18-13+,19-14+,21-15+,26-24+,27-25+,30-16+,31-17+,32-20+,33-22+,34-23+/t38-/m0/s1. The lowest BCUT2D eigenvalue weighted by molar-refractivity contribution is -0.116. The van der Waals surface area contributed by atoms with Crippen LogP contribution >= 0.6 is 0 Å². The Hall–Kier alpha value is -3.53. The number of allylic oxidation sites excluding steroid dienone is 23. The average molecular weight is 583 g/mol. The number of hydrogen-bond acceptors (Lipinski definition) is 3.